The molecule has 0 aromatic rings. The Bertz CT molecular complexity index is 257. The van der Waals surface area contributed by atoms with Crippen LogP contribution in [-0.4, -0.2) is 48.2 Å². The number of carboxylic acid groups (broad SMARTS) is 1. The van der Waals surface area contributed by atoms with Crippen LogP contribution < -0.4 is 5.32 Å². The van der Waals surface area contributed by atoms with E-state index in [1.807, 2.05) is 0 Å². The van der Waals surface area contributed by atoms with Crippen LogP contribution in [0.25, 0.3) is 0 Å². The van der Waals surface area contributed by atoms with Gasteiger partial charge in [-0.15, -0.1) is 0 Å². The minimum atomic E-state index is -0.804. The molecule has 0 heterocycles. The summed E-state index contributed by atoms with van der Waals surface area (Å²) in [5, 5.41) is 12.1. The van der Waals surface area contributed by atoms with Crippen LogP contribution in [0.15, 0.2) is 0 Å². The van der Waals surface area contributed by atoms with Gasteiger partial charge in [0.15, 0.2) is 0 Å². The summed E-state index contributed by atoms with van der Waals surface area (Å²) in [5.41, 5.74) is -0.804. The first kappa shape index (κ1) is 18.4. The van der Waals surface area contributed by atoms with Crippen molar-refractivity contribution in [2.24, 2.45) is 11.8 Å². The molecule has 0 rings (SSSR count). The first-order valence-electron chi connectivity index (χ1n) is 7.36. The standard InChI is InChI=1S/C15H32N2O2/c1-12(2)10-17(11-13(3)4)9-7-8-15(5,16-6)14(18)19/h12-13,16H,7-11H2,1-6H3,(H,18,19). The summed E-state index contributed by atoms with van der Waals surface area (Å²) in [4.78, 5) is 13.7. The maximum atomic E-state index is 11.2. The Kier molecular flexibility index (Phi) is 8.26. The maximum Gasteiger partial charge on any atom is 0.323 e. The van der Waals surface area contributed by atoms with Gasteiger partial charge >= 0.3 is 5.97 Å². The first-order chi connectivity index (χ1) is 8.71. The predicted molar refractivity (Wildman–Crippen MR) is 80.5 cm³/mol. The van der Waals surface area contributed by atoms with E-state index >= 15 is 0 Å². The molecule has 0 aliphatic rings. The summed E-state index contributed by atoms with van der Waals surface area (Å²) in [6, 6.07) is 0. The largest absolute Gasteiger partial charge is 0.480 e. The number of aliphatic carboxylic acids is 1. The summed E-state index contributed by atoms with van der Waals surface area (Å²) in [7, 11) is 1.72. The number of hydrogen-bond donors (Lipinski definition) is 2. The molecule has 114 valence electrons. The lowest BCUT2D eigenvalue weighted by Crippen LogP contribution is -2.48. The lowest BCUT2D eigenvalue weighted by atomic mass is 9.96. The fourth-order valence-electron chi connectivity index (χ4n) is 2.28. The highest BCUT2D eigenvalue weighted by Crippen LogP contribution is 2.14. The molecule has 0 saturated carbocycles. The first-order valence-corrected chi connectivity index (χ1v) is 7.36. The van der Waals surface area contributed by atoms with Gasteiger partial charge in [-0.05, 0) is 45.2 Å². The summed E-state index contributed by atoms with van der Waals surface area (Å²) in [6.45, 7) is 13.8. The van der Waals surface area contributed by atoms with Crippen molar-refractivity contribution in [1.29, 1.82) is 0 Å². The van der Waals surface area contributed by atoms with Crippen molar-refractivity contribution in [1.82, 2.24) is 10.2 Å². The van der Waals surface area contributed by atoms with E-state index in [2.05, 4.69) is 37.9 Å². The quantitative estimate of drug-likeness (QED) is 0.641. The van der Waals surface area contributed by atoms with Crippen molar-refractivity contribution < 1.29 is 9.90 Å². The van der Waals surface area contributed by atoms with Crippen molar-refractivity contribution in [3.8, 4) is 0 Å². The van der Waals surface area contributed by atoms with E-state index < -0.39 is 11.5 Å². The molecule has 1 atom stereocenters. The zero-order chi connectivity index (χ0) is 15.1. The second kappa shape index (κ2) is 8.54. The predicted octanol–water partition coefficient (Wildman–Crippen LogP) is 2.44. The van der Waals surface area contributed by atoms with Gasteiger partial charge in [-0.25, -0.2) is 0 Å². The molecule has 0 spiro atoms. The number of nitrogens with zero attached hydrogens (tertiary/aromatic N) is 1. The van der Waals surface area contributed by atoms with Gasteiger partial charge < -0.3 is 15.3 Å². The maximum absolute atomic E-state index is 11.2. The van der Waals surface area contributed by atoms with Gasteiger partial charge in [-0.1, -0.05) is 27.7 Å². The molecule has 0 aliphatic heterocycles. The van der Waals surface area contributed by atoms with Crippen molar-refractivity contribution in [3.63, 3.8) is 0 Å². The minimum Gasteiger partial charge on any atom is -0.480 e. The third kappa shape index (κ3) is 7.53. The van der Waals surface area contributed by atoms with E-state index in [9.17, 15) is 9.90 Å². The van der Waals surface area contributed by atoms with E-state index in [1.54, 1.807) is 14.0 Å². The Morgan fingerprint density at radius 1 is 1.21 bits per heavy atom. The zero-order valence-electron chi connectivity index (χ0n) is 13.5. The lowest BCUT2D eigenvalue weighted by Gasteiger charge is -2.29. The minimum absolute atomic E-state index is 0.647. The summed E-state index contributed by atoms with van der Waals surface area (Å²) in [6.07, 6.45) is 1.56. The SMILES string of the molecule is CNC(C)(CCCN(CC(C)C)CC(C)C)C(=O)O. The average Bonchev–Trinajstić information content (AvgIpc) is 2.26. The van der Waals surface area contributed by atoms with Crippen LogP contribution in [-0.2, 0) is 4.79 Å². The van der Waals surface area contributed by atoms with Crippen LogP contribution >= 0.6 is 0 Å². The van der Waals surface area contributed by atoms with Gasteiger partial charge in [0, 0.05) is 13.1 Å². The molecule has 0 aliphatic carbocycles. The number of likely N-dealkylation sites (N-methyl/N-ethyl adjacent to an activating group) is 1. The Balaban J connectivity index is 4.27. The summed E-state index contributed by atoms with van der Waals surface area (Å²) in [5.74, 6) is 0.525. The van der Waals surface area contributed by atoms with Crippen LogP contribution in [0.1, 0.15) is 47.5 Å². The van der Waals surface area contributed by atoms with Crippen LogP contribution in [0, 0.1) is 11.8 Å². The van der Waals surface area contributed by atoms with Crippen molar-refractivity contribution >= 4 is 5.97 Å². The van der Waals surface area contributed by atoms with E-state index in [0.29, 0.717) is 18.3 Å². The Morgan fingerprint density at radius 2 is 1.68 bits per heavy atom. The second-order valence-electron chi connectivity index (χ2n) is 6.54. The lowest BCUT2D eigenvalue weighted by molar-refractivity contribution is -0.144. The van der Waals surface area contributed by atoms with Crippen LogP contribution in [0.5, 0.6) is 0 Å². The number of rotatable bonds is 10. The molecule has 0 fully saturated rings. The molecule has 4 heteroatoms. The average molecular weight is 272 g/mol. The molecule has 19 heavy (non-hydrogen) atoms. The third-order valence-electron chi connectivity index (χ3n) is 3.42. The number of hydrogen-bond acceptors (Lipinski definition) is 3. The molecular weight excluding hydrogens is 240 g/mol. The van der Waals surface area contributed by atoms with Crippen molar-refractivity contribution in [2.75, 3.05) is 26.7 Å². The van der Waals surface area contributed by atoms with Gasteiger partial charge in [-0.3, -0.25) is 4.79 Å². The second-order valence-corrected chi connectivity index (χ2v) is 6.54. The van der Waals surface area contributed by atoms with Crippen LogP contribution in [0.4, 0.5) is 0 Å². The van der Waals surface area contributed by atoms with Crippen LogP contribution in [0.3, 0.4) is 0 Å². The molecule has 4 nitrogen and oxygen atoms in total. The molecular formula is C15H32N2O2. The highest BCUT2D eigenvalue weighted by Gasteiger charge is 2.30. The van der Waals surface area contributed by atoms with E-state index in [0.717, 1.165) is 26.1 Å². The summed E-state index contributed by atoms with van der Waals surface area (Å²) < 4.78 is 0. The molecule has 0 radical (unpaired) electrons. The van der Waals surface area contributed by atoms with Gasteiger partial charge in [0.05, 0.1) is 0 Å². The topological polar surface area (TPSA) is 52.6 Å². The van der Waals surface area contributed by atoms with Gasteiger partial charge in [-0.2, -0.15) is 0 Å². The summed E-state index contributed by atoms with van der Waals surface area (Å²) >= 11 is 0. The fraction of sp³-hybridized carbons (Fsp3) is 0.933. The molecule has 0 saturated heterocycles. The van der Waals surface area contributed by atoms with Crippen molar-refractivity contribution in [2.45, 2.75) is 53.0 Å². The normalized spacial score (nSPS) is 15.2. The van der Waals surface area contributed by atoms with Gasteiger partial charge in [0.2, 0.25) is 0 Å². The molecule has 0 bridgehead atoms. The van der Waals surface area contributed by atoms with E-state index in [4.69, 9.17) is 0 Å². The van der Waals surface area contributed by atoms with E-state index in [1.165, 1.54) is 0 Å². The zero-order valence-corrected chi connectivity index (χ0v) is 13.5. The molecule has 1 unspecified atom stereocenters. The monoisotopic (exact) mass is 272 g/mol. The number of carbonyl (C=O) groups is 1. The molecule has 0 aromatic carbocycles. The Morgan fingerprint density at radius 3 is 2.00 bits per heavy atom. The van der Waals surface area contributed by atoms with Crippen LogP contribution in [0.2, 0.25) is 0 Å². The van der Waals surface area contributed by atoms with E-state index in [-0.39, 0.29) is 0 Å². The highest BCUT2D eigenvalue weighted by molar-refractivity contribution is 5.78. The Labute approximate surface area is 118 Å². The highest BCUT2D eigenvalue weighted by atomic mass is 16.4. The fourth-order valence-corrected chi connectivity index (χ4v) is 2.28. The molecule has 2 N–H and O–H groups in total. The molecule has 0 amide bonds. The van der Waals surface area contributed by atoms with Crippen molar-refractivity contribution in [3.05, 3.63) is 0 Å². The third-order valence-corrected chi connectivity index (χ3v) is 3.42. The Hall–Kier alpha value is -0.610. The van der Waals surface area contributed by atoms with Gasteiger partial charge in [0.25, 0.3) is 0 Å². The molecule has 0 aromatic heterocycles. The number of nitrogens with one attached hydrogen (secondary N) is 1. The smallest absolute Gasteiger partial charge is 0.323 e. The number of carboxylic acids is 1. The van der Waals surface area contributed by atoms with Gasteiger partial charge in [0.1, 0.15) is 5.54 Å².